The van der Waals surface area contributed by atoms with E-state index >= 15 is 0 Å². The van der Waals surface area contributed by atoms with E-state index < -0.39 is 0 Å². The minimum absolute atomic E-state index is 0.149. The molecule has 26 heavy (non-hydrogen) atoms. The van der Waals surface area contributed by atoms with Crippen molar-refractivity contribution in [3.8, 4) is 0 Å². The largest absolute Gasteiger partial charge is 0.362 e. The molecule has 0 saturated heterocycles. The third-order valence-corrected chi connectivity index (χ3v) is 4.18. The van der Waals surface area contributed by atoms with E-state index in [1.807, 2.05) is 89.3 Å². The summed E-state index contributed by atoms with van der Waals surface area (Å²) >= 11 is 0. The average molecular weight is 345 g/mol. The van der Waals surface area contributed by atoms with Crippen molar-refractivity contribution in [2.45, 2.75) is 13.5 Å². The summed E-state index contributed by atoms with van der Waals surface area (Å²) in [6, 6.07) is 25.8. The van der Waals surface area contributed by atoms with Gasteiger partial charge in [-0.15, -0.1) is 0 Å². The fraction of sp³-hybridized carbons (Fsp3) is 0.182. The molecule has 0 spiro atoms. The highest BCUT2D eigenvalue weighted by Crippen LogP contribution is 2.12. The van der Waals surface area contributed by atoms with Crippen LogP contribution < -0.4 is 10.4 Å². The molecule has 4 heteroatoms. The van der Waals surface area contributed by atoms with Gasteiger partial charge < -0.3 is 9.47 Å². The van der Waals surface area contributed by atoms with Crippen LogP contribution in [0.4, 0.5) is 5.69 Å². The number of carbonyl (C=O) groups is 1. The summed E-state index contributed by atoms with van der Waals surface area (Å²) in [5, 5.41) is 0. The molecule has 0 N–H and O–H groups in total. The maximum atomic E-state index is 12.5. The standard InChI is InChI=1S/C22H23N3O/c1-2-24(20-13-7-4-8-14-20)18-22(26)23-21-15-9-10-16-25(21)17-19-11-5-3-6-12-19/h3-16H,2,17-18H2,1H3. The first-order valence-corrected chi connectivity index (χ1v) is 8.83. The van der Waals surface area contributed by atoms with Crippen LogP contribution in [0.1, 0.15) is 12.5 Å². The van der Waals surface area contributed by atoms with Crippen molar-refractivity contribution in [2.24, 2.45) is 4.99 Å². The molecule has 0 aliphatic heterocycles. The van der Waals surface area contributed by atoms with Gasteiger partial charge in [0.1, 0.15) is 5.49 Å². The van der Waals surface area contributed by atoms with Crippen molar-refractivity contribution in [3.05, 3.63) is 96.1 Å². The van der Waals surface area contributed by atoms with Crippen LogP contribution in [0.5, 0.6) is 0 Å². The number of anilines is 1. The summed E-state index contributed by atoms with van der Waals surface area (Å²) < 4.78 is 1.99. The number of aromatic nitrogens is 1. The van der Waals surface area contributed by atoms with Gasteiger partial charge in [0.25, 0.3) is 5.91 Å². The number of para-hydroxylation sites is 1. The van der Waals surface area contributed by atoms with Crippen LogP contribution in [0.25, 0.3) is 0 Å². The van der Waals surface area contributed by atoms with Gasteiger partial charge in [0.05, 0.1) is 6.54 Å². The van der Waals surface area contributed by atoms with E-state index in [4.69, 9.17) is 0 Å². The molecule has 0 fully saturated rings. The molecule has 0 atom stereocenters. The number of pyridine rings is 1. The topological polar surface area (TPSA) is 37.6 Å². The van der Waals surface area contributed by atoms with E-state index in [0.717, 1.165) is 12.2 Å². The maximum Gasteiger partial charge on any atom is 0.267 e. The van der Waals surface area contributed by atoms with Crippen molar-refractivity contribution < 1.29 is 4.79 Å². The summed E-state index contributed by atoms with van der Waals surface area (Å²) in [6.07, 6.45) is 1.95. The van der Waals surface area contributed by atoms with Gasteiger partial charge in [-0.3, -0.25) is 4.79 Å². The molecular weight excluding hydrogens is 322 g/mol. The third-order valence-electron chi connectivity index (χ3n) is 4.18. The molecule has 0 aliphatic carbocycles. The van der Waals surface area contributed by atoms with E-state index in [2.05, 4.69) is 17.1 Å². The van der Waals surface area contributed by atoms with E-state index in [1.165, 1.54) is 5.56 Å². The van der Waals surface area contributed by atoms with Gasteiger partial charge >= 0.3 is 0 Å². The van der Waals surface area contributed by atoms with Gasteiger partial charge in [-0.1, -0.05) is 54.6 Å². The lowest BCUT2D eigenvalue weighted by Crippen LogP contribution is -2.31. The summed E-state index contributed by atoms with van der Waals surface area (Å²) in [7, 11) is 0. The Hall–Kier alpha value is -3.14. The molecular formula is C22H23N3O. The summed E-state index contributed by atoms with van der Waals surface area (Å²) in [5.41, 5.74) is 2.88. The van der Waals surface area contributed by atoms with Crippen LogP contribution in [0, 0.1) is 0 Å². The van der Waals surface area contributed by atoms with Gasteiger partial charge in [0.15, 0.2) is 0 Å². The van der Waals surface area contributed by atoms with Crippen LogP contribution in [0.15, 0.2) is 90.1 Å². The monoisotopic (exact) mass is 345 g/mol. The van der Waals surface area contributed by atoms with Crippen molar-refractivity contribution >= 4 is 11.6 Å². The van der Waals surface area contributed by atoms with Crippen LogP contribution >= 0.6 is 0 Å². The first kappa shape index (κ1) is 17.7. The van der Waals surface area contributed by atoms with Crippen LogP contribution in [0.3, 0.4) is 0 Å². The normalized spacial score (nSPS) is 11.3. The lowest BCUT2D eigenvalue weighted by Gasteiger charge is -2.21. The van der Waals surface area contributed by atoms with E-state index in [9.17, 15) is 4.79 Å². The van der Waals surface area contributed by atoms with Crippen molar-refractivity contribution in [1.82, 2.24) is 4.57 Å². The van der Waals surface area contributed by atoms with Gasteiger partial charge in [-0.2, -0.15) is 4.99 Å². The summed E-state index contributed by atoms with van der Waals surface area (Å²) in [6.45, 7) is 3.74. The lowest BCUT2D eigenvalue weighted by atomic mass is 10.2. The van der Waals surface area contributed by atoms with Crippen LogP contribution in [0.2, 0.25) is 0 Å². The number of amides is 1. The molecule has 1 aromatic heterocycles. The molecule has 4 nitrogen and oxygen atoms in total. The van der Waals surface area contributed by atoms with Crippen LogP contribution in [-0.4, -0.2) is 23.6 Å². The maximum absolute atomic E-state index is 12.5. The van der Waals surface area contributed by atoms with Crippen molar-refractivity contribution in [3.63, 3.8) is 0 Å². The molecule has 2 aromatic carbocycles. The smallest absolute Gasteiger partial charge is 0.267 e. The predicted molar refractivity (Wildman–Crippen MR) is 105 cm³/mol. The van der Waals surface area contributed by atoms with E-state index in [1.54, 1.807) is 0 Å². The average Bonchev–Trinajstić information content (AvgIpc) is 2.69. The fourth-order valence-corrected chi connectivity index (χ4v) is 2.83. The Kier molecular flexibility index (Phi) is 5.99. The quantitative estimate of drug-likeness (QED) is 0.686. The second kappa shape index (κ2) is 8.81. The molecule has 0 radical (unpaired) electrons. The lowest BCUT2D eigenvalue weighted by molar-refractivity contribution is -0.116. The number of hydrogen-bond acceptors (Lipinski definition) is 2. The molecule has 0 saturated carbocycles. The SMILES string of the molecule is CCN(CC(=O)N=c1ccccn1Cc1ccccc1)c1ccccc1. The predicted octanol–water partition coefficient (Wildman–Crippen LogP) is 3.49. The summed E-state index contributed by atoms with van der Waals surface area (Å²) in [5.74, 6) is -0.149. The number of rotatable bonds is 6. The minimum atomic E-state index is -0.149. The highest BCUT2D eigenvalue weighted by atomic mass is 16.1. The second-order valence-corrected chi connectivity index (χ2v) is 6.03. The molecule has 132 valence electrons. The molecule has 1 heterocycles. The van der Waals surface area contributed by atoms with Crippen molar-refractivity contribution in [1.29, 1.82) is 0 Å². The molecule has 3 rings (SSSR count). The number of hydrogen-bond donors (Lipinski definition) is 0. The zero-order valence-electron chi connectivity index (χ0n) is 15.0. The zero-order valence-corrected chi connectivity index (χ0v) is 15.0. The number of carbonyl (C=O) groups excluding carboxylic acids is 1. The third kappa shape index (κ3) is 4.70. The zero-order chi connectivity index (χ0) is 18.2. The molecule has 0 aliphatic rings. The Morgan fingerprint density at radius 2 is 1.58 bits per heavy atom. The number of benzene rings is 2. The van der Waals surface area contributed by atoms with Gasteiger partial charge in [0, 0.05) is 25.0 Å². The Morgan fingerprint density at radius 3 is 2.27 bits per heavy atom. The molecule has 0 unspecified atom stereocenters. The highest BCUT2D eigenvalue weighted by molar-refractivity contribution is 5.82. The Labute approximate surface area is 154 Å². The van der Waals surface area contributed by atoms with Crippen LogP contribution in [-0.2, 0) is 11.3 Å². The van der Waals surface area contributed by atoms with Gasteiger partial charge in [-0.25, -0.2) is 0 Å². The van der Waals surface area contributed by atoms with Gasteiger partial charge in [0.2, 0.25) is 0 Å². The second-order valence-electron chi connectivity index (χ2n) is 6.03. The first-order chi connectivity index (χ1) is 12.8. The highest BCUT2D eigenvalue weighted by Gasteiger charge is 2.09. The van der Waals surface area contributed by atoms with Crippen molar-refractivity contribution in [2.75, 3.05) is 18.0 Å². The first-order valence-electron chi connectivity index (χ1n) is 8.83. The summed E-state index contributed by atoms with van der Waals surface area (Å²) in [4.78, 5) is 18.9. The minimum Gasteiger partial charge on any atom is -0.362 e. The van der Waals surface area contributed by atoms with E-state index in [0.29, 0.717) is 12.0 Å². The Morgan fingerprint density at radius 1 is 0.923 bits per heavy atom. The molecule has 3 aromatic rings. The molecule has 0 bridgehead atoms. The van der Waals surface area contributed by atoms with Gasteiger partial charge in [-0.05, 0) is 36.8 Å². The Balaban J connectivity index is 1.80. The fourth-order valence-electron chi connectivity index (χ4n) is 2.83. The molecule has 1 amide bonds. The number of likely N-dealkylation sites (N-methyl/N-ethyl adjacent to an activating group) is 1. The number of nitrogens with zero attached hydrogens (tertiary/aromatic N) is 3. The Bertz CT molecular complexity index is 901. The van der Waals surface area contributed by atoms with E-state index in [-0.39, 0.29) is 12.5 Å².